The zero-order valence-corrected chi connectivity index (χ0v) is 10.7. The van der Waals surface area contributed by atoms with Gasteiger partial charge in [-0.05, 0) is 19.4 Å². The number of pyridine rings is 1. The number of hydrogen-bond donors (Lipinski definition) is 2. The van der Waals surface area contributed by atoms with Crippen LogP contribution < -0.4 is 11.1 Å². The summed E-state index contributed by atoms with van der Waals surface area (Å²) in [4.78, 5) is 4.08. The Balaban J connectivity index is 1.98. The van der Waals surface area contributed by atoms with E-state index in [1.165, 1.54) is 0 Å². The summed E-state index contributed by atoms with van der Waals surface area (Å²) in [5.74, 6) is 0. The summed E-state index contributed by atoms with van der Waals surface area (Å²) in [6.45, 7) is 7.28. The molecule has 0 bridgehead atoms. The summed E-state index contributed by atoms with van der Waals surface area (Å²) in [6.07, 6.45) is 4.84. The van der Waals surface area contributed by atoms with Gasteiger partial charge in [0, 0.05) is 24.3 Å². The highest BCUT2D eigenvalue weighted by atomic mass is 16.5. The van der Waals surface area contributed by atoms with E-state index in [2.05, 4.69) is 24.1 Å². The summed E-state index contributed by atoms with van der Waals surface area (Å²) in [7, 11) is 0. The van der Waals surface area contributed by atoms with Crippen LogP contribution in [0.15, 0.2) is 18.5 Å². The van der Waals surface area contributed by atoms with Gasteiger partial charge in [-0.3, -0.25) is 4.98 Å². The molecular formula is C13H21N3O. The fraction of sp³-hybridized carbons (Fsp3) is 0.615. The molecule has 4 nitrogen and oxygen atoms in total. The van der Waals surface area contributed by atoms with Crippen molar-refractivity contribution in [2.45, 2.75) is 39.3 Å². The molecule has 0 aromatic carbocycles. The lowest BCUT2D eigenvalue weighted by molar-refractivity contribution is -0.0976. The quantitative estimate of drug-likeness (QED) is 0.840. The molecule has 3 N–H and O–H groups in total. The topological polar surface area (TPSA) is 60.2 Å². The maximum atomic E-state index is 5.71. The normalized spacial score (nSPS) is 26.3. The standard InChI is InChI=1S/C13H21N3O/c1-4-17-12-6-11(13(12,2)3)16-10-5-9(14)7-15-8-10/h5,7-8,11-12,16H,4,6,14H2,1-3H3. The number of nitrogen functional groups attached to an aromatic ring is 1. The third-order valence-electron chi connectivity index (χ3n) is 3.65. The minimum Gasteiger partial charge on any atom is -0.397 e. The summed E-state index contributed by atoms with van der Waals surface area (Å²) in [5, 5.41) is 3.48. The molecule has 0 amide bonds. The van der Waals surface area contributed by atoms with Gasteiger partial charge in [0.05, 0.1) is 23.7 Å². The molecule has 1 aromatic rings. The van der Waals surface area contributed by atoms with Crippen LogP contribution in [0.5, 0.6) is 0 Å². The maximum absolute atomic E-state index is 5.71. The van der Waals surface area contributed by atoms with Gasteiger partial charge in [-0.2, -0.15) is 0 Å². The van der Waals surface area contributed by atoms with E-state index in [0.717, 1.165) is 18.7 Å². The number of nitrogens with zero attached hydrogens (tertiary/aromatic N) is 1. The molecule has 0 aliphatic heterocycles. The van der Waals surface area contributed by atoms with Crippen molar-refractivity contribution >= 4 is 11.4 Å². The number of rotatable bonds is 4. The van der Waals surface area contributed by atoms with Gasteiger partial charge in [0.1, 0.15) is 0 Å². The minimum atomic E-state index is 0.153. The van der Waals surface area contributed by atoms with E-state index in [1.54, 1.807) is 12.4 Å². The Hall–Kier alpha value is -1.29. The Kier molecular flexibility index (Phi) is 3.24. The van der Waals surface area contributed by atoms with Crippen molar-refractivity contribution in [3.63, 3.8) is 0 Å². The molecular weight excluding hydrogens is 214 g/mol. The van der Waals surface area contributed by atoms with Crippen molar-refractivity contribution in [2.24, 2.45) is 5.41 Å². The average Bonchev–Trinajstić information content (AvgIpc) is 2.28. The Morgan fingerprint density at radius 1 is 1.53 bits per heavy atom. The third-order valence-corrected chi connectivity index (χ3v) is 3.65. The smallest absolute Gasteiger partial charge is 0.0665 e. The molecule has 0 saturated heterocycles. The number of hydrogen-bond acceptors (Lipinski definition) is 4. The highest BCUT2D eigenvalue weighted by Crippen LogP contribution is 2.44. The lowest BCUT2D eigenvalue weighted by Crippen LogP contribution is -2.58. The maximum Gasteiger partial charge on any atom is 0.0665 e. The SMILES string of the molecule is CCOC1CC(Nc2cncc(N)c2)C1(C)C. The van der Waals surface area contributed by atoms with Crippen molar-refractivity contribution in [1.82, 2.24) is 4.98 Å². The monoisotopic (exact) mass is 235 g/mol. The summed E-state index contributed by atoms with van der Waals surface area (Å²) in [6, 6.07) is 2.33. The molecule has 2 rings (SSSR count). The van der Waals surface area contributed by atoms with Crippen LogP contribution in [0.25, 0.3) is 0 Å². The van der Waals surface area contributed by atoms with Crippen LogP contribution in [0.2, 0.25) is 0 Å². The second-order valence-corrected chi connectivity index (χ2v) is 5.20. The first-order valence-corrected chi connectivity index (χ1v) is 6.12. The van der Waals surface area contributed by atoms with Crippen LogP contribution >= 0.6 is 0 Å². The van der Waals surface area contributed by atoms with Crippen LogP contribution in [-0.2, 0) is 4.74 Å². The van der Waals surface area contributed by atoms with Crippen molar-refractivity contribution in [3.05, 3.63) is 18.5 Å². The largest absolute Gasteiger partial charge is 0.397 e. The Morgan fingerprint density at radius 2 is 2.29 bits per heavy atom. The fourth-order valence-electron chi connectivity index (χ4n) is 2.35. The van der Waals surface area contributed by atoms with Gasteiger partial charge in [-0.15, -0.1) is 0 Å². The Labute approximate surface area is 103 Å². The van der Waals surface area contributed by atoms with Crippen LogP contribution in [0.4, 0.5) is 11.4 Å². The third kappa shape index (κ3) is 2.36. The molecule has 1 aliphatic carbocycles. The molecule has 0 radical (unpaired) electrons. The van der Waals surface area contributed by atoms with E-state index in [-0.39, 0.29) is 5.41 Å². The number of ether oxygens (including phenoxy) is 1. The number of anilines is 2. The highest BCUT2D eigenvalue weighted by Gasteiger charge is 2.48. The minimum absolute atomic E-state index is 0.153. The molecule has 2 atom stereocenters. The molecule has 1 aromatic heterocycles. The molecule has 1 fully saturated rings. The van der Waals surface area contributed by atoms with Crippen LogP contribution in [0.3, 0.4) is 0 Å². The van der Waals surface area contributed by atoms with Crippen molar-refractivity contribution < 1.29 is 4.74 Å². The summed E-state index contributed by atoms with van der Waals surface area (Å²) in [5.41, 5.74) is 7.54. The van der Waals surface area contributed by atoms with Gasteiger partial charge < -0.3 is 15.8 Å². The molecule has 1 saturated carbocycles. The van der Waals surface area contributed by atoms with E-state index in [1.807, 2.05) is 13.0 Å². The Morgan fingerprint density at radius 3 is 2.88 bits per heavy atom. The van der Waals surface area contributed by atoms with E-state index in [0.29, 0.717) is 17.8 Å². The first kappa shape index (κ1) is 12.2. The second-order valence-electron chi connectivity index (χ2n) is 5.20. The van der Waals surface area contributed by atoms with Crippen LogP contribution in [0.1, 0.15) is 27.2 Å². The Bertz CT molecular complexity index is 392. The summed E-state index contributed by atoms with van der Waals surface area (Å²) < 4.78 is 5.70. The second kappa shape index (κ2) is 4.53. The van der Waals surface area contributed by atoms with Gasteiger partial charge in [0.25, 0.3) is 0 Å². The number of aromatic nitrogens is 1. The van der Waals surface area contributed by atoms with Crippen LogP contribution in [0, 0.1) is 5.41 Å². The average molecular weight is 235 g/mol. The molecule has 2 unspecified atom stereocenters. The summed E-state index contributed by atoms with van der Waals surface area (Å²) >= 11 is 0. The zero-order chi connectivity index (χ0) is 12.5. The first-order chi connectivity index (χ1) is 8.04. The van der Waals surface area contributed by atoms with Gasteiger partial charge in [0.15, 0.2) is 0 Å². The zero-order valence-electron chi connectivity index (χ0n) is 10.7. The van der Waals surface area contributed by atoms with Crippen LogP contribution in [-0.4, -0.2) is 23.7 Å². The lowest BCUT2D eigenvalue weighted by atomic mass is 9.64. The predicted octanol–water partition coefficient (Wildman–Crippen LogP) is 2.28. The van der Waals surface area contributed by atoms with Crippen molar-refractivity contribution in [1.29, 1.82) is 0 Å². The molecule has 94 valence electrons. The molecule has 1 heterocycles. The van der Waals surface area contributed by atoms with Crippen molar-refractivity contribution in [2.75, 3.05) is 17.7 Å². The van der Waals surface area contributed by atoms with E-state index in [4.69, 9.17) is 10.5 Å². The predicted molar refractivity (Wildman–Crippen MR) is 69.9 cm³/mol. The van der Waals surface area contributed by atoms with Gasteiger partial charge in [-0.1, -0.05) is 13.8 Å². The number of nitrogens with one attached hydrogen (secondary N) is 1. The molecule has 1 aliphatic rings. The molecule has 4 heteroatoms. The molecule has 0 spiro atoms. The molecule has 17 heavy (non-hydrogen) atoms. The first-order valence-electron chi connectivity index (χ1n) is 6.12. The van der Waals surface area contributed by atoms with Gasteiger partial charge in [0.2, 0.25) is 0 Å². The number of nitrogens with two attached hydrogens (primary N) is 1. The van der Waals surface area contributed by atoms with E-state index in [9.17, 15) is 0 Å². The van der Waals surface area contributed by atoms with E-state index < -0.39 is 0 Å². The van der Waals surface area contributed by atoms with E-state index >= 15 is 0 Å². The van der Waals surface area contributed by atoms with Gasteiger partial charge in [-0.25, -0.2) is 0 Å². The van der Waals surface area contributed by atoms with Gasteiger partial charge >= 0.3 is 0 Å². The highest BCUT2D eigenvalue weighted by molar-refractivity contribution is 5.52. The fourth-order valence-corrected chi connectivity index (χ4v) is 2.35. The lowest BCUT2D eigenvalue weighted by Gasteiger charge is -2.52. The van der Waals surface area contributed by atoms with Crippen molar-refractivity contribution in [3.8, 4) is 0 Å².